The zero-order chi connectivity index (χ0) is 17.8. The lowest BCUT2D eigenvalue weighted by atomic mass is 9.97. The van der Waals surface area contributed by atoms with Gasteiger partial charge in [-0.15, -0.1) is 0 Å². The van der Waals surface area contributed by atoms with Crippen molar-refractivity contribution in [3.8, 4) is 0 Å². The van der Waals surface area contributed by atoms with Crippen LogP contribution in [0.5, 0.6) is 0 Å². The first-order valence-corrected chi connectivity index (χ1v) is 8.70. The Kier molecular flexibility index (Phi) is 5.16. The molecule has 0 unspecified atom stereocenters. The van der Waals surface area contributed by atoms with Crippen LogP contribution < -0.4 is 0 Å². The number of amides is 1. The Labute approximate surface area is 147 Å². The SMILES string of the molecule is CCc1c(C(=O)N2CCC[C@@H](C(=O)O)C2)cnn1Cc1ccccc1. The van der Waals surface area contributed by atoms with Crippen molar-refractivity contribution in [3.05, 3.63) is 53.3 Å². The van der Waals surface area contributed by atoms with Crippen LogP contribution in [0, 0.1) is 5.92 Å². The molecule has 25 heavy (non-hydrogen) atoms. The maximum atomic E-state index is 12.9. The summed E-state index contributed by atoms with van der Waals surface area (Å²) in [6, 6.07) is 10.00. The van der Waals surface area contributed by atoms with E-state index in [1.165, 1.54) is 0 Å². The number of likely N-dealkylation sites (tertiary alicyclic amines) is 1. The third-order valence-corrected chi connectivity index (χ3v) is 4.75. The second-order valence-corrected chi connectivity index (χ2v) is 6.43. The number of rotatable bonds is 5. The average molecular weight is 341 g/mol. The molecule has 1 aromatic heterocycles. The monoisotopic (exact) mass is 341 g/mol. The smallest absolute Gasteiger partial charge is 0.308 e. The van der Waals surface area contributed by atoms with Crippen molar-refractivity contribution in [2.24, 2.45) is 5.92 Å². The van der Waals surface area contributed by atoms with Gasteiger partial charge in [0.15, 0.2) is 0 Å². The summed E-state index contributed by atoms with van der Waals surface area (Å²) in [7, 11) is 0. The minimum atomic E-state index is -0.826. The summed E-state index contributed by atoms with van der Waals surface area (Å²) >= 11 is 0. The summed E-state index contributed by atoms with van der Waals surface area (Å²) < 4.78 is 1.86. The Morgan fingerprint density at radius 3 is 2.72 bits per heavy atom. The van der Waals surface area contributed by atoms with Gasteiger partial charge in [-0.25, -0.2) is 0 Å². The van der Waals surface area contributed by atoms with E-state index in [-0.39, 0.29) is 12.5 Å². The van der Waals surface area contributed by atoms with Crippen LogP contribution in [0.1, 0.15) is 41.4 Å². The molecule has 6 heteroatoms. The number of aliphatic carboxylic acids is 1. The molecule has 0 aliphatic carbocycles. The first-order valence-electron chi connectivity index (χ1n) is 8.70. The minimum absolute atomic E-state index is 0.109. The van der Waals surface area contributed by atoms with Gasteiger partial charge in [-0.3, -0.25) is 14.3 Å². The quantitative estimate of drug-likeness (QED) is 0.906. The highest BCUT2D eigenvalue weighted by atomic mass is 16.4. The summed E-state index contributed by atoms with van der Waals surface area (Å²) in [6.07, 6.45) is 3.67. The molecule has 2 heterocycles. The van der Waals surface area contributed by atoms with Crippen LogP contribution in [0.2, 0.25) is 0 Å². The number of piperidine rings is 1. The number of carboxylic acid groups (broad SMARTS) is 1. The van der Waals surface area contributed by atoms with E-state index in [9.17, 15) is 14.7 Å². The van der Waals surface area contributed by atoms with Gasteiger partial charge in [0.25, 0.3) is 5.91 Å². The van der Waals surface area contributed by atoms with Gasteiger partial charge in [0, 0.05) is 13.1 Å². The second-order valence-electron chi connectivity index (χ2n) is 6.43. The molecule has 1 fully saturated rings. The van der Waals surface area contributed by atoms with E-state index in [2.05, 4.69) is 5.10 Å². The molecular formula is C19H23N3O3. The highest BCUT2D eigenvalue weighted by Crippen LogP contribution is 2.21. The van der Waals surface area contributed by atoms with Crippen molar-refractivity contribution in [1.29, 1.82) is 0 Å². The highest BCUT2D eigenvalue weighted by molar-refractivity contribution is 5.95. The summed E-state index contributed by atoms with van der Waals surface area (Å²) in [5.74, 6) is -1.41. The third-order valence-electron chi connectivity index (χ3n) is 4.75. The number of carbonyl (C=O) groups excluding carboxylic acids is 1. The van der Waals surface area contributed by atoms with Gasteiger partial charge >= 0.3 is 5.97 Å². The number of benzene rings is 1. The molecule has 1 aliphatic heterocycles. The summed E-state index contributed by atoms with van der Waals surface area (Å²) in [6.45, 7) is 3.51. The lowest BCUT2D eigenvalue weighted by molar-refractivity contribution is -0.143. The molecule has 0 saturated carbocycles. The lowest BCUT2D eigenvalue weighted by Gasteiger charge is -2.30. The van der Waals surface area contributed by atoms with Crippen molar-refractivity contribution >= 4 is 11.9 Å². The van der Waals surface area contributed by atoms with Crippen LogP contribution in [0.3, 0.4) is 0 Å². The van der Waals surface area contributed by atoms with E-state index in [1.54, 1.807) is 11.1 Å². The molecule has 1 saturated heterocycles. The van der Waals surface area contributed by atoms with E-state index in [1.807, 2.05) is 41.9 Å². The molecule has 0 spiro atoms. The third kappa shape index (κ3) is 3.73. The maximum absolute atomic E-state index is 12.9. The second kappa shape index (κ2) is 7.51. The molecule has 0 bridgehead atoms. The summed E-state index contributed by atoms with van der Waals surface area (Å²) in [4.78, 5) is 25.8. The van der Waals surface area contributed by atoms with Crippen molar-refractivity contribution < 1.29 is 14.7 Å². The number of hydrogen-bond donors (Lipinski definition) is 1. The van der Waals surface area contributed by atoms with E-state index in [0.29, 0.717) is 31.5 Å². The average Bonchev–Trinajstić information content (AvgIpc) is 3.04. The zero-order valence-electron chi connectivity index (χ0n) is 14.4. The summed E-state index contributed by atoms with van der Waals surface area (Å²) in [5.41, 5.74) is 2.61. The molecule has 132 valence electrons. The molecule has 2 aromatic rings. The molecule has 0 radical (unpaired) electrons. The number of aromatic nitrogens is 2. The molecule has 3 rings (SSSR count). The van der Waals surface area contributed by atoms with Gasteiger partial charge < -0.3 is 10.0 Å². The van der Waals surface area contributed by atoms with Gasteiger partial charge in [0.05, 0.1) is 29.9 Å². The van der Waals surface area contributed by atoms with Crippen LogP contribution in [-0.4, -0.2) is 44.8 Å². The fraction of sp³-hybridized carbons (Fsp3) is 0.421. The van der Waals surface area contributed by atoms with Crippen LogP contribution >= 0.6 is 0 Å². The first-order chi connectivity index (χ1) is 12.1. The van der Waals surface area contributed by atoms with Gasteiger partial charge in [-0.05, 0) is 24.8 Å². The topological polar surface area (TPSA) is 75.4 Å². The molecule has 1 N–H and O–H groups in total. The Bertz CT molecular complexity index is 755. The Morgan fingerprint density at radius 1 is 1.28 bits per heavy atom. The van der Waals surface area contributed by atoms with Crippen LogP contribution in [-0.2, 0) is 17.8 Å². The van der Waals surface area contributed by atoms with Crippen molar-refractivity contribution in [1.82, 2.24) is 14.7 Å². The van der Waals surface area contributed by atoms with E-state index < -0.39 is 11.9 Å². The highest BCUT2D eigenvalue weighted by Gasteiger charge is 2.30. The predicted molar refractivity (Wildman–Crippen MR) is 93.4 cm³/mol. The fourth-order valence-corrected chi connectivity index (χ4v) is 3.39. The number of carbonyl (C=O) groups is 2. The maximum Gasteiger partial charge on any atom is 0.308 e. The Morgan fingerprint density at radius 2 is 2.04 bits per heavy atom. The van der Waals surface area contributed by atoms with Crippen LogP contribution in [0.25, 0.3) is 0 Å². The van der Waals surface area contributed by atoms with E-state index >= 15 is 0 Å². The van der Waals surface area contributed by atoms with E-state index in [4.69, 9.17) is 0 Å². The fourth-order valence-electron chi connectivity index (χ4n) is 3.39. The Balaban J connectivity index is 1.80. The largest absolute Gasteiger partial charge is 0.481 e. The van der Waals surface area contributed by atoms with Crippen molar-refractivity contribution in [2.75, 3.05) is 13.1 Å². The van der Waals surface area contributed by atoms with Gasteiger partial charge in [0.2, 0.25) is 0 Å². The Hall–Kier alpha value is -2.63. The number of carboxylic acids is 1. The molecular weight excluding hydrogens is 318 g/mol. The molecule has 1 aliphatic rings. The molecule has 1 aromatic carbocycles. The number of hydrogen-bond acceptors (Lipinski definition) is 3. The van der Waals surface area contributed by atoms with E-state index in [0.717, 1.165) is 17.7 Å². The van der Waals surface area contributed by atoms with Gasteiger partial charge in [0.1, 0.15) is 0 Å². The van der Waals surface area contributed by atoms with Crippen LogP contribution in [0.15, 0.2) is 36.5 Å². The molecule has 1 atom stereocenters. The molecule has 6 nitrogen and oxygen atoms in total. The zero-order valence-corrected chi connectivity index (χ0v) is 14.4. The van der Waals surface area contributed by atoms with Crippen molar-refractivity contribution in [3.63, 3.8) is 0 Å². The van der Waals surface area contributed by atoms with Crippen molar-refractivity contribution in [2.45, 2.75) is 32.7 Å². The minimum Gasteiger partial charge on any atom is -0.481 e. The van der Waals surface area contributed by atoms with Gasteiger partial charge in [-0.1, -0.05) is 37.3 Å². The first kappa shape index (κ1) is 17.2. The molecule has 1 amide bonds. The van der Waals surface area contributed by atoms with Gasteiger partial charge in [-0.2, -0.15) is 5.10 Å². The normalized spacial score (nSPS) is 17.5. The lowest BCUT2D eigenvalue weighted by Crippen LogP contribution is -2.42. The van der Waals surface area contributed by atoms with Crippen LogP contribution in [0.4, 0.5) is 0 Å². The summed E-state index contributed by atoms with van der Waals surface area (Å²) in [5, 5.41) is 13.6. The standard InChI is InChI=1S/C19H23N3O3/c1-2-17-16(11-20-22(17)12-14-7-4-3-5-8-14)18(23)21-10-6-9-15(13-21)19(24)25/h3-5,7-8,11,15H,2,6,9-10,12-13H2,1H3,(H,24,25)/t15-/m1/s1. The predicted octanol–water partition coefficient (Wildman–Crippen LogP) is 2.43. The number of nitrogens with zero attached hydrogens (tertiary/aromatic N) is 3.